The first kappa shape index (κ1) is 13.2. The van der Waals surface area contributed by atoms with Gasteiger partial charge in [-0.1, -0.05) is 0 Å². The predicted octanol–water partition coefficient (Wildman–Crippen LogP) is 0.806. The van der Waals surface area contributed by atoms with Gasteiger partial charge in [0.2, 0.25) is 5.91 Å². The van der Waals surface area contributed by atoms with Crippen LogP contribution >= 0.6 is 0 Å². The highest BCUT2D eigenvalue weighted by Gasteiger charge is 2.09. The first-order valence-corrected chi connectivity index (χ1v) is 6.14. The average Bonchev–Trinajstić information content (AvgIpc) is 2.85. The molecule has 2 aromatic rings. The fourth-order valence-corrected chi connectivity index (χ4v) is 1.59. The number of amides is 1. The number of nitrogens with two attached hydrogens (primary N) is 1. The van der Waals surface area contributed by atoms with E-state index in [1.807, 2.05) is 18.3 Å². The molecule has 3 N–H and O–H groups in total. The normalized spacial score (nSPS) is 12.1. The molecule has 0 aliphatic heterocycles. The summed E-state index contributed by atoms with van der Waals surface area (Å²) in [5.41, 5.74) is 6.67. The van der Waals surface area contributed by atoms with Crippen LogP contribution in [0.5, 0.6) is 0 Å². The van der Waals surface area contributed by atoms with E-state index >= 15 is 0 Å². The summed E-state index contributed by atoms with van der Waals surface area (Å²) in [6, 6.07) is 5.17. The maximum Gasteiger partial charge on any atom is 0.242 e. The molecule has 2 rings (SSSR count). The third kappa shape index (κ3) is 3.89. The predicted molar refractivity (Wildman–Crippen MR) is 72.4 cm³/mol. The summed E-state index contributed by atoms with van der Waals surface area (Å²) < 4.78 is 1.79. The number of rotatable bonds is 5. The van der Waals surface area contributed by atoms with E-state index in [0.29, 0.717) is 5.82 Å². The second-order valence-corrected chi connectivity index (χ2v) is 4.35. The van der Waals surface area contributed by atoms with Crippen LogP contribution in [0.1, 0.15) is 12.5 Å². The minimum atomic E-state index is -0.540. The second kappa shape index (κ2) is 6.10. The number of pyridine rings is 1. The number of anilines is 1. The van der Waals surface area contributed by atoms with Gasteiger partial charge in [-0.15, -0.1) is 0 Å². The molecule has 2 aromatic heterocycles. The number of carbonyl (C=O) groups excluding carboxylic acids is 1. The molecule has 0 radical (unpaired) electrons. The Balaban J connectivity index is 1.89. The van der Waals surface area contributed by atoms with Crippen LogP contribution in [0.2, 0.25) is 0 Å². The van der Waals surface area contributed by atoms with Crippen molar-refractivity contribution in [3.8, 4) is 0 Å². The van der Waals surface area contributed by atoms with E-state index in [-0.39, 0.29) is 5.91 Å². The first-order valence-electron chi connectivity index (χ1n) is 6.14. The van der Waals surface area contributed by atoms with E-state index < -0.39 is 6.04 Å². The first-order chi connectivity index (χ1) is 9.15. The number of hydrogen-bond donors (Lipinski definition) is 2. The maximum absolute atomic E-state index is 11.4. The molecule has 0 bridgehead atoms. The Morgan fingerprint density at radius 3 is 2.84 bits per heavy atom. The molecule has 0 spiro atoms. The van der Waals surface area contributed by atoms with E-state index in [1.165, 1.54) is 5.56 Å². The summed E-state index contributed by atoms with van der Waals surface area (Å²) in [4.78, 5) is 15.4. The third-order valence-corrected chi connectivity index (χ3v) is 2.68. The number of nitrogens with one attached hydrogen (secondary N) is 1. The Hall–Kier alpha value is -2.21. The molecular formula is C13H17N5O. The third-order valence-electron chi connectivity index (χ3n) is 2.68. The van der Waals surface area contributed by atoms with Gasteiger partial charge in [0.05, 0.1) is 6.04 Å². The second-order valence-electron chi connectivity index (χ2n) is 4.35. The Bertz CT molecular complexity index is 535. The number of aromatic nitrogens is 3. The summed E-state index contributed by atoms with van der Waals surface area (Å²) >= 11 is 0. The Kier molecular flexibility index (Phi) is 4.25. The Morgan fingerprint density at radius 1 is 1.42 bits per heavy atom. The van der Waals surface area contributed by atoms with Crippen molar-refractivity contribution in [1.82, 2.24) is 14.8 Å². The highest BCUT2D eigenvalue weighted by Crippen LogP contribution is 2.05. The van der Waals surface area contributed by atoms with E-state index in [1.54, 1.807) is 30.1 Å². The molecule has 0 aromatic carbocycles. The van der Waals surface area contributed by atoms with E-state index in [9.17, 15) is 4.79 Å². The molecular weight excluding hydrogens is 242 g/mol. The van der Waals surface area contributed by atoms with Crippen LogP contribution < -0.4 is 11.1 Å². The monoisotopic (exact) mass is 259 g/mol. The van der Waals surface area contributed by atoms with Gasteiger partial charge in [-0.25, -0.2) is 0 Å². The van der Waals surface area contributed by atoms with Crippen molar-refractivity contribution in [2.75, 3.05) is 5.32 Å². The van der Waals surface area contributed by atoms with Crippen molar-refractivity contribution >= 4 is 11.7 Å². The fourth-order valence-electron chi connectivity index (χ4n) is 1.59. The molecule has 1 unspecified atom stereocenters. The average molecular weight is 259 g/mol. The Labute approximate surface area is 111 Å². The van der Waals surface area contributed by atoms with Gasteiger partial charge in [0.25, 0.3) is 0 Å². The lowest BCUT2D eigenvalue weighted by Crippen LogP contribution is -2.32. The summed E-state index contributed by atoms with van der Waals surface area (Å²) in [6.45, 7) is 2.38. The molecule has 19 heavy (non-hydrogen) atoms. The minimum Gasteiger partial charge on any atom is -0.320 e. The van der Waals surface area contributed by atoms with Crippen LogP contribution in [-0.2, 0) is 17.8 Å². The zero-order valence-corrected chi connectivity index (χ0v) is 10.8. The van der Waals surface area contributed by atoms with Crippen molar-refractivity contribution in [3.05, 3.63) is 42.4 Å². The molecule has 0 fully saturated rings. The van der Waals surface area contributed by atoms with Crippen LogP contribution in [0.3, 0.4) is 0 Å². The van der Waals surface area contributed by atoms with Gasteiger partial charge < -0.3 is 11.1 Å². The molecule has 100 valence electrons. The molecule has 6 nitrogen and oxygen atoms in total. The molecule has 2 heterocycles. The van der Waals surface area contributed by atoms with Crippen LogP contribution in [0.15, 0.2) is 36.8 Å². The number of hydrogen-bond acceptors (Lipinski definition) is 4. The lowest BCUT2D eigenvalue weighted by Gasteiger charge is -2.04. The summed E-state index contributed by atoms with van der Waals surface area (Å²) in [5.74, 6) is 0.288. The maximum atomic E-state index is 11.4. The topological polar surface area (TPSA) is 85.8 Å². The Morgan fingerprint density at radius 2 is 2.16 bits per heavy atom. The molecule has 0 aliphatic rings. The number of aryl methyl sites for hydroxylation is 2. The quantitative estimate of drug-likeness (QED) is 0.832. The highest BCUT2D eigenvalue weighted by atomic mass is 16.2. The smallest absolute Gasteiger partial charge is 0.242 e. The zero-order chi connectivity index (χ0) is 13.7. The summed E-state index contributed by atoms with van der Waals surface area (Å²) in [5, 5.41) is 6.92. The van der Waals surface area contributed by atoms with E-state index in [0.717, 1.165) is 13.0 Å². The minimum absolute atomic E-state index is 0.237. The van der Waals surface area contributed by atoms with Gasteiger partial charge in [0.15, 0.2) is 5.82 Å². The van der Waals surface area contributed by atoms with E-state index in [2.05, 4.69) is 15.4 Å². The molecule has 1 amide bonds. The molecule has 1 atom stereocenters. The van der Waals surface area contributed by atoms with Gasteiger partial charge in [0.1, 0.15) is 0 Å². The molecule has 6 heteroatoms. The lowest BCUT2D eigenvalue weighted by molar-refractivity contribution is -0.117. The summed E-state index contributed by atoms with van der Waals surface area (Å²) in [7, 11) is 0. The largest absolute Gasteiger partial charge is 0.320 e. The van der Waals surface area contributed by atoms with Crippen molar-refractivity contribution in [2.24, 2.45) is 5.73 Å². The summed E-state index contributed by atoms with van der Waals surface area (Å²) in [6.07, 6.45) is 6.24. The van der Waals surface area contributed by atoms with Crippen molar-refractivity contribution in [1.29, 1.82) is 0 Å². The van der Waals surface area contributed by atoms with Gasteiger partial charge in [-0.05, 0) is 31.0 Å². The van der Waals surface area contributed by atoms with Gasteiger partial charge in [-0.2, -0.15) is 5.10 Å². The SMILES string of the molecule is CC(N)C(=O)Nc1ccn(CCc2ccncc2)n1. The van der Waals surface area contributed by atoms with Gasteiger partial charge in [-0.3, -0.25) is 14.5 Å². The number of nitrogens with zero attached hydrogens (tertiary/aromatic N) is 3. The standard InChI is InChI=1S/C13H17N5O/c1-10(14)13(19)16-12-5-9-18(17-12)8-4-11-2-6-15-7-3-11/h2-3,5-7,9-10H,4,8,14H2,1H3,(H,16,17,19). The van der Waals surface area contributed by atoms with Crippen molar-refractivity contribution in [3.63, 3.8) is 0 Å². The molecule has 0 aliphatic carbocycles. The van der Waals surface area contributed by atoms with Crippen LogP contribution in [0.4, 0.5) is 5.82 Å². The van der Waals surface area contributed by atoms with Crippen LogP contribution in [0, 0.1) is 0 Å². The van der Waals surface area contributed by atoms with Gasteiger partial charge >= 0.3 is 0 Å². The van der Waals surface area contributed by atoms with Gasteiger partial charge in [0, 0.05) is 31.2 Å². The zero-order valence-electron chi connectivity index (χ0n) is 10.8. The van der Waals surface area contributed by atoms with E-state index in [4.69, 9.17) is 5.73 Å². The highest BCUT2D eigenvalue weighted by molar-refractivity contribution is 5.93. The molecule has 0 saturated carbocycles. The van der Waals surface area contributed by atoms with Crippen LogP contribution in [0.25, 0.3) is 0 Å². The molecule has 0 saturated heterocycles. The van der Waals surface area contributed by atoms with Crippen molar-refractivity contribution in [2.45, 2.75) is 25.9 Å². The van der Waals surface area contributed by atoms with Crippen LogP contribution in [-0.4, -0.2) is 26.7 Å². The number of carbonyl (C=O) groups is 1. The lowest BCUT2D eigenvalue weighted by atomic mass is 10.2. The fraction of sp³-hybridized carbons (Fsp3) is 0.308. The van der Waals surface area contributed by atoms with Crippen molar-refractivity contribution < 1.29 is 4.79 Å².